The molecule has 2 aromatic rings. The van der Waals surface area contributed by atoms with Crippen LogP contribution in [0.2, 0.25) is 0 Å². The van der Waals surface area contributed by atoms with Gasteiger partial charge in [0.15, 0.2) is 5.82 Å². The minimum atomic E-state index is -0.399. The monoisotopic (exact) mass is 269 g/mol. The number of aromatic nitrogens is 4. The number of aryl methyl sites for hydroxylation is 1. The maximum absolute atomic E-state index is 9.10. The number of nitrogens with two attached hydrogens (primary N) is 1. The molecule has 1 saturated carbocycles. The van der Waals surface area contributed by atoms with Gasteiger partial charge in [0.1, 0.15) is 12.4 Å². The largest absolute Gasteiger partial charge is 0.384 e. The summed E-state index contributed by atoms with van der Waals surface area (Å²) in [6.45, 7) is 1.80. The number of aliphatic hydroxyl groups excluding tert-OH is 1. The summed E-state index contributed by atoms with van der Waals surface area (Å²) in [5, 5.41) is 13.6. The maximum atomic E-state index is 9.10. The smallest absolute Gasteiger partial charge is 0.254 e. The summed E-state index contributed by atoms with van der Waals surface area (Å²) in [6, 6.07) is 0. The molecule has 102 valence electrons. The van der Waals surface area contributed by atoms with E-state index in [1.165, 1.54) is 0 Å². The molecule has 2 atom stereocenters. The summed E-state index contributed by atoms with van der Waals surface area (Å²) in [4.78, 5) is 9.02. The van der Waals surface area contributed by atoms with Crippen LogP contribution in [0.4, 0.5) is 5.82 Å². The van der Waals surface area contributed by atoms with Crippen LogP contribution in [0.3, 0.4) is 0 Å². The third-order valence-electron chi connectivity index (χ3n) is 4.53. The molecule has 4 rings (SSSR count). The molecule has 20 heavy (non-hydrogen) atoms. The standard InChI is InChI=1S/C14H15N5O/c1-8-10-11(15)19-13(16-8)17-12(18-19)9-4-2-5-14(9,10)6-3-7-20/h9,20H,2,4-5,7,15H2,1H3. The zero-order chi connectivity index (χ0) is 13.9. The van der Waals surface area contributed by atoms with Crippen molar-refractivity contribution in [3.05, 3.63) is 17.1 Å². The Morgan fingerprint density at radius 3 is 3.15 bits per heavy atom. The summed E-state index contributed by atoms with van der Waals surface area (Å²) >= 11 is 0. The lowest BCUT2D eigenvalue weighted by Gasteiger charge is -2.31. The maximum Gasteiger partial charge on any atom is 0.254 e. The molecule has 3 N–H and O–H groups in total. The van der Waals surface area contributed by atoms with Crippen LogP contribution in [0.1, 0.15) is 42.3 Å². The molecule has 2 aromatic heterocycles. The van der Waals surface area contributed by atoms with Gasteiger partial charge in [0.25, 0.3) is 5.78 Å². The third-order valence-corrected chi connectivity index (χ3v) is 4.53. The van der Waals surface area contributed by atoms with E-state index in [0.29, 0.717) is 11.6 Å². The van der Waals surface area contributed by atoms with Gasteiger partial charge in [-0.2, -0.15) is 9.50 Å². The minimum absolute atomic E-state index is 0.142. The first-order valence-electron chi connectivity index (χ1n) is 6.81. The topological polar surface area (TPSA) is 89.3 Å². The predicted octanol–water partition coefficient (Wildman–Crippen LogP) is 0.530. The summed E-state index contributed by atoms with van der Waals surface area (Å²) in [7, 11) is 0. The van der Waals surface area contributed by atoms with Crippen LogP contribution in [0.5, 0.6) is 0 Å². The van der Waals surface area contributed by atoms with Gasteiger partial charge in [-0.15, -0.1) is 5.10 Å². The van der Waals surface area contributed by atoms with E-state index in [1.807, 2.05) is 6.92 Å². The molecular weight excluding hydrogens is 254 g/mol. The van der Waals surface area contributed by atoms with Gasteiger partial charge in [0.05, 0.1) is 5.41 Å². The van der Waals surface area contributed by atoms with Gasteiger partial charge >= 0.3 is 0 Å². The molecule has 1 aliphatic heterocycles. The second kappa shape index (κ2) is 3.70. The second-order valence-electron chi connectivity index (χ2n) is 5.52. The number of aliphatic hydroxyl groups is 1. The van der Waals surface area contributed by atoms with Crippen molar-refractivity contribution in [3.63, 3.8) is 0 Å². The molecule has 0 amide bonds. The molecule has 0 radical (unpaired) electrons. The Morgan fingerprint density at radius 2 is 2.35 bits per heavy atom. The van der Waals surface area contributed by atoms with Crippen LogP contribution in [-0.2, 0) is 5.41 Å². The van der Waals surface area contributed by atoms with E-state index in [0.717, 1.165) is 36.3 Å². The van der Waals surface area contributed by atoms with Gasteiger partial charge in [0, 0.05) is 17.2 Å². The summed E-state index contributed by atoms with van der Waals surface area (Å²) in [5.74, 6) is 8.16. The van der Waals surface area contributed by atoms with Crippen molar-refractivity contribution in [2.24, 2.45) is 0 Å². The van der Waals surface area contributed by atoms with Gasteiger partial charge in [0.2, 0.25) is 0 Å². The highest BCUT2D eigenvalue weighted by atomic mass is 16.2. The van der Waals surface area contributed by atoms with Crippen LogP contribution in [-0.4, -0.2) is 31.3 Å². The van der Waals surface area contributed by atoms with E-state index in [2.05, 4.69) is 26.9 Å². The number of anilines is 1. The number of fused-ring (bicyclic) bond motifs is 5. The highest BCUT2D eigenvalue weighted by Crippen LogP contribution is 2.53. The summed E-state index contributed by atoms with van der Waals surface area (Å²) < 4.78 is 1.62. The van der Waals surface area contributed by atoms with E-state index in [-0.39, 0.29) is 12.5 Å². The van der Waals surface area contributed by atoms with Gasteiger partial charge in [-0.05, 0) is 19.8 Å². The fraction of sp³-hybridized carbons (Fsp3) is 0.500. The van der Waals surface area contributed by atoms with Crippen molar-refractivity contribution >= 4 is 11.6 Å². The molecule has 6 heteroatoms. The Hall–Kier alpha value is -2.13. The van der Waals surface area contributed by atoms with E-state index < -0.39 is 5.41 Å². The lowest BCUT2D eigenvalue weighted by atomic mass is 9.71. The second-order valence-corrected chi connectivity index (χ2v) is 5.52. The summed E-state index contributed by atoms with van der Waals surface area (Å²) in [5.41, 5.74) is 7.75. The summed E-state index contributed by atoms with van der Waals surface area (Å²) in [6.07, 6.45) is 2.96. The lowest BCUT2D eigenvalue weighted by molar-refractivity contribution is 0.349. The van der Waals surface area contributed by atoms with Crippen molar-refractivity contribution < 1.29 is 5.11 Å². The lowest BCUT2D eigenvalue weighted by Crippen LogP contribution is -2.31. The Labute approximate surface area is 116 Å². The average molecular weight is 269 g/mol. The van der Waals surface area contributed by atoms with Crippen molar-refractivity contribution in [3.8, 4) is 11.8 Å². The molecule has 0 aromatic carbocycles. The van der Waals surface area contributed by atoms with Crippen molar-refractivity contribution in [1.29, 1.82) is 0 Å². The minimum Gasteiger partial charge on any atom is -0.384 e. The fourth-order valence-electron chi connectivity index (χ4n) is 3.81. The highest BCUT2D eigenvalue weighted by molar-refractivity contribution is 5.60. The van der Waals surface area contributed by atoms with Crippen LogP contribution in [0, 0.1) is 18.8 Å². The molecule has 1 aliphatic carbocycles. The molecule has 6 nitrogen and oxygen atoms in total. The molecular formula is C14H15N5O. The van der Waals surface area contributed by atoms with E-state index >= 15 is 0 Å². The fourth-order valence-corrected chi connectivity index (χ4v) is 3.81. The number of nitrogens with zero attached hydrogens (tertiary/aromatic N) is 4. The number of hydrogen-bond donors (Lipinski definition) is 2. The normalized spacial score (nSPS) is 26.6. The molecule has 1 fully saturated rings. The van der Waals surface area contributed by atoms with Crippen LogP contribution in [0.15, 0.2) is 0 Å². The number of hydrogen-bond acceptors (Lipinski definition) is 5. The van der Waals surface area contributed by atoms with Crippen molar-refractivity contribution in [2.45, 2.75) is 37.5 Å². The molecule has 2 unspecified atom stereocenters. The highest BCUT2D eigenvalue weighted by Gasteiger charge is 2.50. The number of rotatable bonds is 0. The van der Waals surface area contributed by atoms with Crippen LogP contribution < -0.4 is 5.73 Å². The van der Waals surface area contributed by atoms with Gasteiger partial charge in [-0.1, -0.05) is 18.3 Å². The zero-order valence-corrected chi connectivity index (χ0v) is 11.2. The zero-order valence-electron chi connectivity index (χ0n) is 11.2. The Bertz CT molecular complexity index is 784. The van der Waals surface area contributed by atoms with E-state index in [1.54, 1.807) is 4.52 Å². The predicted molar refractivity (Wildman–Crippen MR) is 73.1 cm³/mol. The number of nitrogen functional groups attached to an aromatic ring is 1. The Balaban J connectivity index is 2.14. The Morgan fingerprint density at radius 1 is 1.50 bits per heavy atom. The van der Waals surface area contributed by atoms with Crippen LogP contribution in [0.25, 0.3) is 5.78 Å². The van der Waals surface area contributed by atoms with Gasteiger partial charge < -0.3 is 10.8 Å². The first-order chi connectivity index (χ1) is 9.67. The molecule has 0 saturated heterocycles. The molecule has 2 aliphatic rings. The van der Waals surface area contributed by atoms with Crippen molar-refractivity contribution in [1.82, 2.24) is 19.6 Å². The van der Waals surface area contributed by atoms with E-state index in [4.69, 9.17) is 10.8 Å². The quantitative estimate of drug-likeness (QED) is 0.681. The third kappa shape index (κ3) is 1.21. The van der Waals surface area contributed by atoms with Gasteiger partial charge in [-0.25, -0.2) is 4.98 Å². The van der Waals surface area contributed by atoms with Crippen molar-refractivity contribution in [2.75, 3.05) is 12.3 Å². The van der Waals surface area contributed by atoms with E-state index in [9.17, 15) is 0 Å². The molecule has 3 bridgehead atoms. The molecule has 3 heterocycles. The average Bonchev–Trinajstić information content (AvgIpc) is 2.98. The first kappa shape index (κ1) is 11.7. The van der Waals surface area contributed by atoms with Gasteiger partial charge in [-0.3, -0.25) is 0 Å². The SMILES string of the molecule is Cc1nc2nc3nn2c(N)c1C1(C#CCO)CCCC31. The van der Waals surface area contributed by atoms with Crippen LogP contribution >= 0.6 is 0 Å². The molecule has 0 spiro atoms. The Kier molecular flexibility index (Phi) is 2.16. The first-order valence-corrected chi connectivity index (χ1v) is 6.81.